The van der Waals surface area contributed by atoms with Crippen molar-refractivity contribution in [1.29, 1.82) is 0 Å². The maximum absolute atomic E-state index is 11.0. The normalized spacial score (nSPS) is 14.1. The van der Waals surface area contributed by atoms with E-state index < -0.39 is 15.3 Å². The van der Waals surface area contributed by atoms with Gasteiger partial charge in [-0.25, -0.2) is 4.57 Å². The molecule has 0 bridgehead atoms. The molecule has 0 heterocycles. The molecule has 0 unspecified atom stereocenters. The molecule has 0 aliphatic rings. The minimum atomic E-state index is -4.40. The number of hydrogen-bond acceptors (Lipinski definition) is 1. The van der Waals surface area contributed by atoms with Gasteiger partial charge in [-0.15, -0.1) is 0 Å². The Morgan fingerprint density at radius 1 is 0.867 bits per heavy atom. The van der Waals surface area contributed by atoms with Crippen molar-refractivity contribution in [2.45, 2.75) is 0 Å². The SMILES string of the molecule is CN(C)P(=NP(=O)(O)O)(N(C)C)N(C)C. The summed E-state index contributed by atoms with van der Waals surface area (Å²) in [6.07, 6.45) is 0. The van der Waals surface area contributed by atoms with Crippen LogP contribution in [0.5, 0.6) is 0 Å². The first-order valence-corrected chi connectivity index (χ1v) is 7.43. The number of hydrogen-bond donors (Lipinski definition) is 2. The van der Waals surface area contributed by atoms with Crippen LogP contribution in [0.1, 0.15) is 0 Å². The molecule has 0 atom stereocenters. The first-order valence-electron chi connectivity index (χ1n) is 4.27. The van der Waals surface area contributed by atoms with Crippen molar-refractivity contribution in [3.8, 4) is 0 Å². The minimum Gasteiger partial charge on any atom is -0.307 e. The smallest absolute Gasteiger partial charge is 0.307 e. The Morgan fingerprint density at radius 3 is 1.20 bits per heavy atom. The molecule has 0 spiro atoms. The Hall–Kier alpha value is 0.260. The summed E-state index contributed by atoms with van der Waals surface area (Å²) >= 11 is 0. The summed E-state index contributed by atoms with van der Waals surface area (Å²) in [4.78, 5) is 18.0. The van der Waals surface area contributed by atoms with Gasteiger partial charge in [0.1, 0.15) is 0 Å². The first kappa shape index (κ1) is 15.3. The molecule has 9 heteroatoms. The van der Waals surface area contributed by atoms with Crippen LogP contribution >= 0.6 is 15.3 Å². The first-order chi connectivity index (χ1) is 6.54. The third kappa shape index (κ3) is 3.64. The van der Waals surface area contributed by atoms with Crippen molar-refractivity contribution >= 4 is 15.3 Å². The van der Waals surface area contributed by atoms with Crippen LogP contribution in [0.4, 0.5) is 0 Å². The van der Waals surface area contributed by atoms with Crippen LogP contribution in [0.15, 0.2) is 4.52 Å². The van der Waals surface area contributed by atoms with Gasteiger partial charge in [0.15, 0.2) is 7.51 Å². The van der Waals surface area contributed by atoms with Gasteiger partial charge in [0.05, 0.1) is 0 Å². The second kappa shape index (κ2) is 5.06. The topological polar surface area (TPSA) is 79.6 Å². The van der Waals surface area contributed by atoms with E-state index in [-0.39, 0.29) is 0 Å². The van der Waals surface area contributed by atoms with Crippen LogP contribution in [0.2, 0.25) is 0 Å². The fourth-order valence-corrected chi connectivity index (χ4v) is 6.79. The Kier molecular flexibility index (Phi) is 5.15. The van der Waals surface area contributed by atoms with Gasteiger partial charge < -0.3 is 9.79 Å². The highest BCUT2D eigenvalue weighted by Gasteiger charge is 2.32. The molecule has 7 nitrogen and oxygen atoms in total. The monoisotopic (exact) mass is 258 g/mol. The van der Waals surface area contributed by atoms with E-state index in [0.29, 0.717) is 0 Å². The lowest BCUT2D eigenvalue weighted by atomic mass is 11.2. The lowest BCUT2D eigenvalue weighted by Gasteiger charge is -2.40. The lowest BCUT2D eigenvalue weighted by molar-refractivity contribution is 0.372. The molecule has 0 fully saturated rings. The molecule has 0 rings (SSSR count). The summed E-state index contributed by atoms with van der Waals surface area (Å²) < 4.78 is 20.0. The molecule has 0 amide bonds. The summed E-state index contributed by atoms with van der Waals surface area (Å²) in [5.41, 5.74) is 0. The quantitative estimate of drug-likeness (QED) is 0.723. The second-order valence-electron chi connectivity index (χ2n) is 3.68. The van der Waals surface area contributed by atoms with Gasteiger partial charge in [-0.2, -0.15) is 4.52 Å². The zero-order valence-electron chi connectivity index (χ0n) is 9.99. The van der Waals surface area contributed by atoms with Crippen molar-refractivity contribution in [2.24, 2.45) is 4.52 Å². The fraction of sp³-hybridized carbons (Fsp3) is 1.00. The molecular weight excluding hydrogens is 238 g/mol. The van der Waals surface area contributed by atoms with E-state index >= 15 is 0 Å². The highest BCUT2D eigenvalue weighted by atomic mass is 31.2. The van der Waals surface area contributed by atoms with Crippen molar-refractivity contribution in [2.75, 3.05) is 42.3 Å². The summed E-state index contributed by atoms with van der Waals surface area (Å²) in [6.45, 7) is 0. The van der Waals surface area contributed by atoms with E-state index in [0.717, 1.165) is 0 Å². The standard InChI is InChI=1S/C6H20N4O3P2/c1-8(2)14(9(3)4,10(5)6)7-15(11,12)13/h1-6H3,(H2,11,12,13). The van der Waals surface area contributed by atoms with Crippen LogP contribution in [0.3, 0.4) is 0 Å². The van der Waals surface area contributed by atoms with Gasteiger partial charge in [-0.3, -0.25) is 14.0 Å². The molecule has 0 radical (unpaired) electrons. The predicted octanol–water partition coefficient (Wildman–Crippen LogP) is 0.710. The average molecular weight is 258 g/mol. The van der Waals surface area contributed by atoms with Gasteiger partial charge in [0.2, 0.25) is 0 Å². The highest BCUT2D eigenvalue weighted by Crippen LogP contribution is 2.61. The van der Waals surface area contributed by atoms with Crippen molar-refractivity contribution < 1.29 is 14.4 Å². The van der Waals surface area contributed by atoms with Crippen LogP contribution < -0.4 is 0 Å². The molecule has 15 heavy (non-hydrogen) atoms. The van der Waals surface area contributed by atoms with E-state index in [1.807, 2.05) is 0 Å². The molecule has 0 saturated carbocycles. The van der Waals surface area contributed by atoms with Crippen LogP contribution in [-0.4, -0.2) is 66.1 Å². The minimum absolute atomic E-state index is 1.74. The molecular formula is C6H20N4O3P2. The summed E-state index contributed by atoms with van der Waals surface area (Å²) in [7, 11) is 3.67. The number of nitrogens with zero attached hydrogens (tertiary/aromatic N) is 4. The molecule has 0 aromatic carbocycles. The van der Waals surface area contributed by atoms with Gasteiger partial charge in [-0.05, 0) is 42.3 Å². The average Bonchev–Trinajstić information content (AvgIpc) is 1.96. The Morgan fingerprint density at radius 2 is 1.13 bits per heavy atom. The van der Waals surface area contributed by atoms with E-state index in [9.17, 15) is 4.57 Å². The van der Waals surface area contributed by atoms with Crippen molar-refractivity contribution in [3.63, 3.8) is 0 Å². The van der Waals surface area contributed by atoms with Gasteiger partial charge >= 0.3 is 7.75 Å². The predicted molar refractivity (Wildman–Crippen MR) is 62.5 cm³/mol. The second-order valence-corrected chi connectivity index (χ2v) is 8.90. The third-order valence-electron chi connectivity index (χ3n) is 1.85. The zero-order chi connectivity index (χ0) is 12.4. The largest absolute Gasteiger partial charge is 0.450 e. The molecule has 0 aromatic heterocycles. The fourth-order valence-electron chi connectivity index (χ4n) is 1.47. The summed E-state index contributed by atoms with van der Waals surface area (Å²) in [5, 5.41) is 0. The maximum atomic E-state index is 11.0. The van der Waals surface area contributed by atoms with Gasteiger partial charge in [-0.1, -0.05) is 0 Å². The molecule has 0 aromatic rings. The van der Waals surface area contributed by atoms with Crippen molar-refractivity contribution in [3.05, 3.63) is 0 Å². The van der Waals surface area contributed by atoms with Crippen LogP contribution in [0, 0.1) is 0 Å². The van der Waals surface area contributed by atoms with Crippen LogP contribution in [-0.2, 0) is 4.57 Å². The Balaban J connectivity index is 5.77. The molecule has 0 saturated heterocycles. The molecule has 92 valence electrons. The van der Waals surface area contributed by atoms with Gasteiger partial charge in [0.25, 0.3) is 0 Å². The molecule has 2 N–H and O–H groups in total. The highest BCUT2D eigenvalue weighted by molar-refractivity contribution is 7.67. The van der Waals surface area contributed by atoms with E-state index in [1.54, 1.807) is 56.3 Å². The van der Waals surface area contributed by atoms with E-state index in [1.165, 1.54) is 0 Å². The lowest BCUT2D eigenvalue weighted by Crippen LogP contribution is -2.30. The van der Waals surface area contributed by atoms with Crippen LogP contribution in [0.25, 0.3) is 0 Å². The Labute approximate surface area is 91.1 Å². The zero-order valence-corrected chi connectivity index (χ0v) is 11.8. The Bertz CT molecular complexity index is 281. The number of rotatable bonds is 4. The van der Waals surface area contributed by atoms with Crippen molar-refractivity contribution in [1.82, 2.24) is 14.0 Å². The third-order valence-corrected chi connectivity index (χ3v) is 6.96. The summed E-state index contributed by atoms with van der Waals surface area (Å²) in [6, 6.07) is 0. The maximum Gasteiger partial charge on any atom is 0.450 e. The molecule has 0 aliphatic carbocycles. The van der Waals surface area contributed by atoms with Gasteiger partial charge in [0, 0.05) is 0 Å². The summed E-state index contributed by atoms with van der Waals surface area (Å²) in [5.74, 6) is 0. The molecule has 0 aliphatic heterocycles. The van der Waals surface area contributed by atoms with E-state index in [4.69, 9.17) is 9.79 Å². The van der Waals surface area contributed by atoms with E-state index in [2.05, 4.69) is 4.52 Å².